The molecule has 22 heavy (non-hydrogen) atoms. The Morgan fingerprint density at radius 2 is 2.09 bits per heavy atom. The van der Waals surface area contributed by atoms with E-state index in [0.29, 0.717) is 37.0 Å². The van der Waals surface area contributed by atoms with Crippen molar-refractivity contribution in [1.82, 2.24) is 14.9 Å². The van der Waals surface area contributed by atoms with Crippen molar-refractivity contribution in [1.29, 1.82) is 0 Å². The molecule has 118 valence electrons. The molecule has 0 aliphatic rings. The Hall–Kier alpha value is -2.21. The van der Waals surface area contributed by atoms with Crippen LogP contribution in [-0.4, -0.2) is 35.6 Å². The Balaban J connectivity index is 1.99. The Labute approximate surface area is 130 Å². The molecule has 0 aliphatic carbocycles. The molecule has 0 fully saturated rings. The van der Waals surface area contributed by atoms with Crippen LogP contribution in [0.2, 0.25) is 0 Å². The Bertz CT molecular complexity index is 619. The topological polar surface area (TPSA) is 50.3 Å². The van der Waals surface area contributed by atoms with Gasteiger partial charge >= 0.3 is 0 Å². The zero-order chi connectivity index (χ0) is 15.9. The minimum Gasteiger partial charge on any atom is -0.477 e. The van der Waals surface area contributed by atoms with Crippen molar-refractivity contribution in [3.8, 4) is 5.88 Å². The van der Waals surface area contributed by atoms with Crippen LogP contribution in [0, 0.1) is 5.82 Å². The summed E-state index contributed by atoms with van der Waals surface area (Å²) in [6.45, 7) is 3.49. The summed E-state index contributed by atoms with van der Waals surface area (Å²) in [5.74, 6) is 0.880. The molecule has 2 aromatic rings. The van der Waals surface area contributed by atoms with Crippen LogP contribution in [0.15, 0.2) is 30.6 Å². The largest absolute Gasteiger partial charge is 0.477 e. The second kappa shape index (κ2) is 7.70. The smallest absolute Gasteiger partial charge is 0.234 e. The molecule has 0 saturated heterocycles. The number of hydrogen-bond acceptors (Lipinski definition) is 5. The first-order valence-corrected chi connectivity index (χ1v) is 7.19. The van der Waals surface area contributed by atoms with Gasteiger partial charge in [-0.05, 0) is 32.6 Å². The number of nitrogens with one attached hydrogen (secondary N) is 1. The molecule has 0 saturated carbocycles. The van der Waals surface area contributed by atoms with Gasteiger partial charge in [-0.3, -0.25) is 4.98 Å². The highest BCUT2D eigenvalue weighted by atomic mass is 19.1. The van der Waals surface area contributed by atoms with E-state index in [4.69, 9.17) is 4.74 Å². The van der Waals surface area contributed by atoms with Crippen LogP contribution in [0.5, 0.6) is 5.88 Å². The molecule has 0 bridgehead atoms. The molecule has 0 aliphatic heterocycles. The summed E-state index contributed by atoms with van der Waals surface area (Å²) < 4.78 is 19.3. The van der Waals surface area contributed by atoms with Crippen molar-refractivity contribution in [2.24, 2.45) is 0 Å². The standard InChI is InChI=1S/C16H21FN4O/c1-4-22-16-10-18-9-15(20-16)19-8-12-5-6-13(11-21(2)3)14(17)7-12/h5-7,9-10H,4,8,11H2,1-3H3,(H,19,20). The van der Waals surface area contributed by atoms with E-state index in [1.165, 1.54) is 0 Å². The third-order valence-electron chi connectivity index (χ3n) is 2.98. The fourth-order valence-corrected chi connectivity index (χ4v) is 2.01. The van der Waals surface area contributed by atoms with E-state index in [1.54, 1.807) is 18.5 Å². The quantitative estimate of drug-likeness (QED) is 0.852. The fraction of sp³-hybridized carbons (Fsp3) is 0.375. The number of anilines is 1. The first-order chi connectivity index (χ1) is 10.6. The van der Waals surface area contributed by atoms with Gasteiger partial charge in [0.2, 0.25) is 5.88 Å². The summed E-state index contributed by atoms with van der Waals surface area (Å²) in [6.07, 6.45) is 3.17. The molecule has 6 heteroatoms. The third-order valence-corrected chi connectivity index (χ3v) is 2.98. The number of ether oxygens (including phenoxy) is 1. The molecule has 0 amide bonds. The number of hydrogen-bond donors (Lipinski definition) is 1. The highest BCUT2D eigenvalue weighted by molar-refractivity contribution is 5.35. The van der Waals surface area contributed by atoms with E-state index in [2.05, 4.69) is 15.3 Å². The molecule has 0 radical (unpaired) electrons. The van der Waals surface area contributed by atoms with E-state index < -0.39 is 0 Å². The fourth-order valence-electron chi connectivity index (χ4n) is 2.01. The molecule has 1 N–H and O–H groups in total. The van der Waals surface area contributed by atoms with E-state index in [0.717, 1.165) is 5.56 Å². The molecule has 5 nitrogen and oxygen atoms in total. The lowest BCUT2D eigenvalue weighted by Gasteiger charge is -2.12. The molecule has 0 atom stereocenters. The highest BCUT2D eigenvalue weighted by Crippen LogP contribution is 2.14. The maximum absolute atomic E-state index is 14.0. The van der Waals surface area contributed by atoms with Gasteiger partial charge in [0.25, 0.3) is 0 Å². The maximum atomic E-state index is 14.0. The molecule has 2 rings (SSSR count). The second-order valence-corrected chi connectivity index (χ2v) is 5.19. The van der Waals surface area contributed by atoms with Crippen molar-refractivity contribution >= 4 is 5.82 Å². The van der Waals surface area contributed by atoms with Gasteiger partial charge in [-0.15, -0.1) is 0 Å². The van der Waals surface area contributed by atoms with Gasteiger partial charge in [0, 0.05) is 18.7 Å². The number of aromatic nitrogens is 2. The zero-order valence-corrected chi connectivity index (χ0v) is 13.1. The lowest BCUT2D eigenvalue weighted by Crippen LogP contribution is -2.12. The van der Waals surface area contributed by atoms with Gasteiger partial charge in [-0.1, -0.05) is 12.1 Å². The van der Waals surface area contributed by atoms with Crippen molar-refractivity contribution in [3.63, 3.8) is 0 Å². The molecule has 1 aromatic carbocycles. The van der Waals surface area contributed by atoms with E-state index >= 15 is 0 Å². The van der Waals surface area contributed by atoms with Crippen molar-refractivity contribution in [2.45, 2.75) is 20.0 Å². The summed E-state index contributed by atoms with van der Waals surface area (Å²) in [4.78, 5) is 10.2. The highest BCUT2D eigenvalue weighted by Gasteiger charge is 2.05. The van der Waals surface area contributed by atoms with Gasteiger partial charge in [0.1, 0.15) is 11.6 Å². The van der Waals surface area contributed by atoms with Crippen LogP contribution >= 0.6 is 0 Å². The predicted molar refractivity (Wildman–Crippen MR) is 84.3 cm³/mol. The summed E-state index contributed by atoms with van der Waals surface area (Å²) in [5, 5.41) is 3.12. The van der Waals surface area contributed by atoms with E-state index in [-0.39, 0.29) is 5.82 Å². The van der Waals surface area contributed by atoms with Crippen LogP contribution in [0.3, 0.4) is 0 Å². The maximum Gasteiger partial charge on any atom is 0.234 e. The molecule has 1 heterocycles. The van der Waals surface area contributed by atoms with Gasteiger partial charge in [0.15, 0.2) is 0 Å². The second-order valence-electron chi connectivity index (χ2n) is 5.19. The van der Waals surface area contributed by atoms with Crippen molar-refractivity contribution in [2.75, 3.05) is 26.0 Å². The first kappa shape index (κ1) is 16.2. The van der Waals surface area contributed by atoms with Crippen molar-refractivity contribution < 1.29 is 9.13 Å². The third kappa shape index (κ3) is 4.66. The molecule has 0 unspecified atom stereocenters. The van der Waals surface area contributed by atoms with E-state index in [9.17, 15) is 4.39 Å². The monoisotopic (exact) mass is 304 g/mol. The number of nitrogens with zero attached hydrogens (tertiary/aromatic N) is 3. The summed E-state index contributed by atoms with van der Waals surface area (Å²) in [5.41, 5.74) is 1.54. The Kier molecular flexibility index (Phi) is 5.66. The first-order valence-electron chi connectivity index (χ1n) is 7.19. The predicted octanol–water partition coefficient (Wildman–Crippen LogP) is 2.69. The molecular weight excluding hydrogens is 283 g/mol. The SMILES string of the molecule is CCOc1cncc(NCc2ccc(CN(C)C)c(F)c2)n1. The van der Waals surface area contributed by atoms with Crippen molar-refractivity contribution in [3.05, 3.63) is 47.5 Å². The average Bonchev–Trinajstić information content (AvgIpc) is 2.48. The Morgan fingerprint density at radius 3 is 2.77 bits per heavy atom. The molecular formula is C16H21FN4O. The summed E-state index contributed by atoms with van der Waals surface area (Å²) in [7, 11) is 3.83. The van der Waals surface area contributed by atoms with Gasteiger partial charge < -0.3 is 15.0 Å². The minimum atomic E-state index is -0.192. The zero-order valence-electron chi connectivity index (χ0n) is 13.1. The lowest BCUT2D eigenvalue weighted by molar-refractivity contribution is 0.325. The number of rotatable bonds is 7. The van der Waals surface area contributed by atoms with Crippen LogP contribution in [0.25, 0.3) is 0 Å². The lowest BCUT2D eigenvalue weighted by atomic mass is 10.1. The molecule has 1 aromatic heterocycles. The van der Waals surface area contributed by atoms with Crippen LogP contribution in [0.4, 0.5) is 10.2 Å². The number of benzene rings is 1. The van der Waals surface area contributed by atoms with E-state index in [1.807, 2.05) is 38.1 Å². The van der Waals surface area contributed by atoms with Gasteiger partial charge in [-0.25, -0.2) is 4.39 Å². The van der Waals surface area contributed by atoms with Crippen LogP contribution in [0.1, 0.15) is 18.1 Å². The van der Waals surface area contributed by atoms with Gasteiger partial charge in [-0.2, -0.15) is 4.98 Å². The minimum absolute atomic E-state index is 0.192. The average molecular weight is 304 g/mol. The van der Waals surface area contributed by atoms with Gasteiger partial charge in [0.05, 0.1) is 19.0 Å². The number of halogens is 1. The summed E-state index contributed by atoms with van der Waals surface area (Å²) in [6, 6.07) is 5.27. The van der Waals surface area contributed by atoms with Crippen LogP contribution in [-0.2, 0) is 13.1 Å². The van der Waals surface area contributed by atoms with Crippen LogP contribution < -0.4 is 10.1 Å². The Morgan fingerprint density at radius 1 is 1.27 bits per heavy atom. The normalized spacial score (nSPS) is 10.8. The summed E-state index contributed by atoms with van der Waals surface area (Å²) >= 11 is 0. The molecule has 0 spiro atoms.